The highest BCUT2D eigenvalue weighted by Gasteiger charge is 2.32. The average molecular weight is 418 g/mol. The molecule has 2 aromatic rings. The first-order valence-corrected chi connectivity index (χ1v) is 8.39. The summed E-state index contributed by atoms with van der Waals surface area (Å²) in [5, 5.41) is 2.94. The number of rotatable bonds is 8. The van der Waals surface area contributed by atoms with Gasteiger partial charge in [0.25, 0.3) is 0 Å². The van der Waals surface area contributed by atoms with Crippen LogP contribution in [0.2, 0.25) is 0 Å². The van der Waals surface area contributed by atoms with Gasteiger partial charge < -0.3 is 15.8 Å². The van der Waals surface area contributed by atoms with E-state index in [4.69, 9.17) is 10.5 Å². The van der Waals surface area contributed by atoms with E-state index in [9.17, 15) is 9.18 Å². The summed E-state index contributed by atoms with van der Waals surface area (Å²) < 4.78 is 18.5. The van der Waals surface area contributed by atoms with Crippen molar-refractivity contribution in [2.45, 2.75) is 33.2 Å². The molecule has 150 valence electrons. The highest BCUT2D eigenvalue weighted by Crippen LogP contribution is 2.25. The number of ether oxygens (including phenoxy) is 1. The Hall–Kier alpha value is -1.89. The predicted octanol–water partition coefficient (Wildman–Crippen LogP) is 4.24. The molecular weight excluding hydrogens is 392 g/mol. The maximum Gasteiger partial charge on any atom is 0.227 e. The molecular formula is C19H26Cl2FN3O2. The van der Waals surface area contributed by atoms with E-state index in [1.165, 1.54) is 24.3 Å². The van der Waals surface area contributed by atoms with Crippen molar-refractivity contribution < 1.29 is 13.9 Å². The van der Waals surface area contributed by atoms with Gasteiger partial charge in [0.1, 0.15) is 11.6 Å². The van der Waals surface area contributed by atoms with Gasteiger partial charge in [0.05, 0.1) is 5.41 Å². The summed E-state index contributed by atoms with van der Waals surface area (Å²) >= 11 is 0. The number of carbonyl (C=O) groups is 1. The first-order valence-electron chi connectivity index (χ1n) is 8.39. The molecule has 0 spiro atoms. The Morgan fingerprint density at radius 3 is 2.37 bits per heavy atom. The zero-order valence-electron chi connectivity index (χ0n) is 15.4. The third-order valence-corrected chi connectivity index (χ3v) is 4.51. The van der Waals surface area contributed by atoms with Crippen LogP contribution in [0.4, 0.5) is 4.39 Å². The molecule has 0 radical (unpaired) electrons. The van der Waals surface area contributed by atoms with Gasteiger partial charge in [0.15, 0.2) is 0 Å². The van der Waals surface area contributed by atoms with E-state index in [2.05, 4.69) is 10.3 Å². The maximum absolute atomic E-state index is 12.9. The van der Waals surface area contributed by atoms with Crippen LogP contribution in [0.25, 0.3) is 0 Å². The van der Waals surface area contributed by atoms with Crippen molar-refractivity contribution in [3.8, 4) is 11.6 Å². The van der Waals surface area contributed by atoms with E-state index >= 15 is 0 Å². The number of hydrogen-bond acceptors (Lipinski definition) is 4. The summed E-state index contributed by atoms with van der Waals surface area (Å²) in [6, 6.07) is 9.25. The van der Waals surface area contributed by atoms with Gasteiger partial charge in [-0.3, -0.25) is 4.79 Å². The molecule has 0 aliphatic carbocycles. The summed E-state index contributed by atoms with van der Waals surface area (Å²) in [6.07, 6.45) is 3.00. The Bertz CT molecular complexity index is 702. The SMILES string of the molecule is CCC(CC)(CN)C(=O)NCc1ccnc(Oc2ccc(F)cc2)c1.Cl.Cl. The Labute approximate surface area is 171 Å². The number of carbonyl (C=O) groups excluding carboxylic acids is 1. The molecule has 27 heavy (non-hydrogen) atoms. The molecule has 0 bridgehead atoms. The number of benzene rings is 1. The van der Waals surface area contributed by atoms with Gasteiger partial charge in [0, 0.05) is 25.4 Å². The number of pyridine rings is 1. The zero-order valence-corrected chi connectivity index (χ0v) is 17.0. The lowest BCUT2D eigenvalue weighted by molar-refractivity contribution is -0.131. The lowest BCUT2D eigenvalue weighted by Crippen LogP contribution is -2.45. The number of nitrogens with one attached hydrogen (secondary N) is 1. The Balaban J connectivity index is 0.00000338. The molecule has 0 atom stereocenters. The van der Waals surface area contributed by atoms with Crippen molar-refractivity contribution in [1.82, 2.24) is 10.3 Å². The van der Waals surface area contributed by atoms with Gasteiger partial charge in [-0.25, -0.2) is 9.37 Å². The summed E-state index contributed by atoms with van der Waals surface area (Å²) in [6.45, 7) is 4.62. The number of halogens is 3. The van der Waals surface area contributed by atoms with Crippen molar-refractivity contribution in [3.05, 3.63) is 54.0 Å². The predicted molar refractivity (Wildman–Crippen MR) is 109 cm³/mol. The second-order valence-electron chi connectivity index (χ2n) is 5.93. The molecule has 8 heteroatoms. The topological polar surface area (TPSA) is 77.2 Å². The fourth-order valence-corrected chi connectivity index (χ4v) is 2.56. The first-order chi connectivity index (χ1) is 12.0. The molecule has 0 saturated heterocycles. The average Bonchev–Trinajstić information content (AvgIpc) is 2.64. The molecule has 1 heterocycles. The van der Waals surface area contributed by atoms with E-state index in [1.54, 1.807) is 18.3 Å². The van der Waals surface area contributed by atoms with Crippen LogP contribution in [0.5, 0.6) is 11.6 Å². The molecule has 0 aliphatic heterocycles. The molecule has 5 nitrogen and oxygen atoms in total. The van der Waals surface area contributed by atoms with Gasteiger partial charge in [0.2, 0.25) is 11.8 Å². The van der Waals surface area contributed by atoms with E-state index < -0.39 is 5.41 Å². The van der Waals surface area contributed by atoms with E-state index in [-0.39, 0.29) is 36.5 Å². The number of nitrogens with zero attached hydrogens (tertiary/aromatic N) is 1. The molecule has 2 rings (SSSR count). The van der Waals surface area contributed by atoms with E-state index in [1.807, 2.05) is 13.8 Å². The van der Waals surface area contributed by atoms with Crippen LogP contribution in [0.3, 0.4) is 0 Å². The molecule has 3 N–H and O–H groups in total. The van der Waals surface area contributed by atoms with Gasteiger partial charge in [-0.15, -0.1) is 24.8 Å². The Morgan fingerprint density at radius 1 is 1.19 bits per heavy atom. The van der Waals surface area contributed by atoms with Crippen LogP contribution in [0.15, 0.2) is 42.6 Å². The van der Waals surface area contributed by atoms with Crippen molar-refractivity contribution in [1.29, 1.82) is 0 Å². The smallest absolute Gasteiger partial charge is 0.227 e. The van der Waals surface area contributed by atoms with Crippen LogP contribution in [0, 0.1) is 11.2 Å². The normalized spacial score (nSPS) is 10.4. The second kappa shape index (κ2) is 11.7. The number of nitrogens with two attached hydrogens (primary N) is 1. The Morgan fingerprint density at radius 2 is 1.81 bits per heavy atom. The number of amides is 1. The largest absolute Gasteiger partial charge is 0.439 e. The standard InChI is InChI=1S/C19H24FN3O2.2ClH/c1-3-19(4-2,13-21)18(24)23-12-14-9-10-22-17(11-14)25-16-7-5-15(20)6-8-16;;/h5-11H,3-4,12-13,21H2,1-2H3,(H,23,24);2*1H. The molecule has 0 fully saturated rings. The van der Waals surface area contributed by atoms with Gasteiger partial charge in [-0.1, -0.05) is 13.8 Å². The maximum atomic E-state index is 12.9. The van der Waals surface area contributed by atoms with Crippen molar-refractivity contribution in [2.24, 2.45) is 11.1 Å². The minimum absolute atomic E-state index is 0. The zero-order chi connectivity index (χ0) is 18.3. The highest BCUT2D eigenvalue weighted by atomic mass is 35.5. The van der Waals surface area contributed by atoms with Crippen LogP contribution in [-0.4, -0.2) is 17.4 Å². The second-order valence-corrected chi connectivity index (χ2v) is 5.93. The molecule has 0 aliphatic rings. The van der Waals surface area contributed by atoms with Crippen LogP contribution < -0.4 is 15.8 Å². The minimum atomic E-state index is -0.527. The summed E-state index contributed by atoms with van der Waals surface area (Å²) in [4.78, 5) is 16.6. The Kier molecular flexibility index (Phi) is 10.9. The fraction of sp³-hybridized carbons (Fsp3) is 0.368. The molecule has 1 amide bonds. The lowest BCUT2D eigenvalue weighted by Gasteiger charge is -2.28. The minimum Gasteiger partial charge on any atom is -0.439 e. The van der Waals surface area contributed by atoms with Crippen molar-refractivity contribution in [3.63, 3.8) is 0 Å². The summed E-state index contributed by atoms with van der Waals surface area (Å²) in [7, 11) is 0. The lowest BCUT2D eigenvalue weighted by atomic mass is 9.81. The fourth-order valence-electron chi connectivity index (χ4n) is 2.56. The van der Waals surface area contributed by atoms with Crippen molar-refractivity contribution >= 4 is 30.7 Å². The number of aromatic nitrogens is 1. The first kappa shape index (κ1) is 25.1. The summed E-state index contributed by atoms with van der Waals surface area (Å²) in [5.74, 6) is 0.508. The van der Waals surface area contributed by atoms with Gasteiger partial charge in [-0.05, 0) is 48.7 Å². The highest BCUT2D eigenvalue weighted by molar-refractivity contribution is 5.85. The quantitative estimate of drug-likeness (QED) is 0.673. The van der Waals surface area contributed by atoms with Crippen LogP contribution >= 0.6 is 24.8 Å². The van der Waals surface area contributed by atoms with Gasteiger partial charge >= 0.3 is 0 Å². The van der Waals surface area contributed by atoms with Gasteiger partial charge in [-0.2, -0.15) is 0 Å². The summed E-state index contributed by atoms with van der Waals surface area (Å²) in [5.41, 5.74) is 6.13. The van der Waals surface area contributed by atoms with E-state index in [0.717, 1.165) is 5.56 Å². The molecule has 1 aromatic carbocycles. The van der Waals surface area contributed by atoms with Crippen LogP contribution in [-0.2, 0) is 11.3 Å². The molecule has 1 aromatic heterocycles. The third-order valence-electron chi connectivity index (χ3n) is 4.51. The van der Waals surface area contributed by atoms with E-state index in [0.29, 0.717) is 37.6 Å². The van der Waals surface area contributed by atoms with Crippen molar-refractivity contribution in [2.75, 3.05) is 6.54 Å². The molecule has 0 unspecified atom stereocenters. The third kappa shape index (κ3) is 6.65. The molecule has 0 saturated carbocycles. The monoisotopic (exact) mass is 417 g/mol. The number of hydrogen-bond donors (Lipinski definition) is 2. The van der Waals surface area contributed by atoms with Crippen LogP contribution in [0.1, 0.15) is 32.3 Å².